The van der Waals surface area contributed by atoms with Crippen molar-refractivity contribution in [3.05, 3.63) is 106 Å². The first-order valence-electron chi connectivity index (χ1n) is 10.7. The number of carbonyl (C=O) groups is 1. The Kier molecular flexibility index (Phi) is 7.57. The van der Waals surface area contributed by atoms with Crippen molar-refractivity contribution in [2.75, 3.05) is 6.61 Å². The minimum Gasteiger partial charge on any atom is -0.478 e. The molecule has 7 heteroatoms. The van der Waals surface area contributed by atoms with Gasteiger partial charge >= 0.3 is 0 Å². The summed E-state index contributed by atoms with van der Waals surface area (Å²) in [7, 11) is 0. The van der Waals surface area contributed by atoms with Crippen molar-refractivity contribution in [1.82, 2.24) is 9.99 Å². The number of aromatic nitrogens is 1. The van der Waals surface area contributed by atoms with E-state index in [2.05, 4.69) is 45.3 Å². The van der Waals surface area contributed by atoms with Crippen molar-refractivity contribution in [3.8, 4) is 35.0 Å². The van der Waals surface area contributed by atoms with Gasteiger partial charge in [0.05, 0.1) is 22.0 Å². The van der Waals surface area contributed by atoms with E-state index in [0.717, 1.165) is 22.6 Å². The van der Waals surface area contributed by atoms with Gasteiger partial charge in [0.25, 0.3) is 5.91 Å². The molecule has 0 saturated carbocycles. The van der Waals surface area contributed by atoms with Crippen molar-refractivity contribution in [2.45, 2.75) is 6.92 Å². The van der Waals surface area contributed by atoms with E-state index in [1.807, 2.05) is 37.3 Å². The Morgan fingerprint density at radius 2 is 1.74 bits per heavy atom. The quantitative estimate of drug-likeness (QED) is 0.177. The molecular formula is C28H21Cl2N3O2. The summed E-state index contributed by atoms with van der Waals surface area (Å²) >= 11 is 12.4. The van der Waals surface area contributed by atoms with Crippen LogP contribution in [0.4, 0.5) is 0 Å². The lowest BCUT2D eigenvalue weighted by Crippen LogP contribution is -2.17. The summed E-state index contributed by atoms with van der Waals surface area (Å²) in [6.45, 7) is 2.10. The second kappa shape index (κ2) is 11.0. The third-order valence-electron chi connectivity index (χ3n) is 5.23. The maximum atomic E-state index is 12.6. The topological polar surface area (TPSA) is 55.6 Å². The van der Waals surface area contributed by atoms with Crippen LogP contribution in [0.2, 0.25) is 10.0 Å². The molecule has 0 bridgehead atoms. The zero-order chi connectivity index (χ0) is 24.8. The molecule has 35 heavy (non-hydrogen) atoms. The monoisotopic (exact) mass is 501 g/mol. The highest BCUT2D eigenvalue weighted by Crippen LogP contribution is 2.33. The van der Waals surface area contributed by atoms with Crippen LogP contribution >= 0.6 is 23.2 Å². The van der Waals surface area contributed by atoms with Gasteiger partial charge in [-0.3, -0.25) is 4.79 Å². The second-order valence-corrected chi connectivity index (χ2v) is 8.43. The predicted octanol–water partition coefficient (Wildman–Crippen LogP) is 6.54. The number of halogens is 2. The molecule has 0 aliphatic rings. The van der Waals surface area contributed by atoms with Crippen LogP contribution in [0.3, 0.4) is 0 Å². The molecule has 4 rings (SSSR count). The van der Waals surface area contributed by atoms with Gasteiger partial charge in [0.15, 0.2) is 5.75 Å². The van der Waals surface area contributed by atoms with Crippen molar-refractivity contribution >= 4 is 35.3 Å². The lowest BCUT2D eigenvalue weighted by Gasteiger charge is -2.12. The van der Waals surface area contributed by atoms with Gasteiger partial charge in [0, 0.05) is 16.9 Å². The molecule has 0 aliphatic heterocycles. The van der Waals surface area contributed by atoms with E-state index in [1.165, 1.54) is 6.21 Å². The van der Waals surface area contributed by atoms with Crippen LogP contribution in [0.1, 0.15) is 21.6 Å². The molecule has 4 aromatic rings. The molecule has 0 atom stereocenters. The highest BCUT2D eigenvalue weighted by atomic mass is 35.5. The lowest BCUT2D eigenvalue weighted by molar-refractivity contribution is 0.0955. The number of benzene rings is 3. The Bertz CT molecular complexity index is 1400. The summed E-state index contributed by atoms with van der Waals surface area (Å²) in [4.78, 5) is 12.6. The molecule has 174 valence electrons. The smallest absolute Gasteiger partial charge is 0.271 e. The second-order valence-electron chi connectivity index (χ2n) is 7.61. The average Bonchev–Trinajstić information content (AvgIpc) is 3.25. The molecule has 0 unspecified atom stereocenters. The normalized spacial score (nSPS) is 10.8. The molecule has 0 saturated heterocycles. The minimum atomic E-state index is -0.341. The van der Waals surface area contributed by atoms with E-state index in [1.54, 1.807) is 24.3 Å². The number of hydrazone groups is 1. The summed E-state index contributed by atoms with van der Waals surface area (Å²) < 4.78 is 7.48. The molecule has 1 aromatic heterocycles. The van der Waals surface area contributed by atoms with E-state index < -0.39 is 0 Å². The Hall–Kier alpha value is -3.98. The summed E-state index contributed by atoms with van der Waals surface area (Å²) in [5.74, 6) is 2.32. The average molecular weight is 502 g/mol. The molecule has 3 aromatic carbocycles. The Labute approximate surface area is 214 Å². The van der Waals surface area contributed by atoms with Crippen molar-refractivity contribution in [2.24, 2.45) is 5.10 Å². The summed E-state index contributed by atoms with van der Waals surface area (Å²) in [5.41, 5.74) is 7.85. The molecule has 1 heterocycles. The number of nitrogens with zero attached hydrogens (tertiary/aromatic N) is 2. The molecule has 5 nitrogen and oxygen atoms in total. The molecule has 0 radical (unpaired) electrons. The van der Waals surface area contributed by atoms with Gasteiger partial charge in [0.2, 0.25) is 0 Å². The number of terminal acetylenes is 1. The maximum absolute atomic E-state index is 12.6. The third-order valence-corrected chi connectivity index (χ3v) is 5.79. The van der Waals surface area contributed by atoms with Crippen LogP contribution in [0.5, 0.6) is 5.75 Å². The van der Waals surface area contributed by atoms with Crippen LogP contribution in [-0.2, 0) is 0 Å². The van der Waals surface area contributed by atoms with Crippen molar-refractivity contribution in [1.29, 1.82) is 0 Å². The van der Waals surface area contributed by atoms with E-state index >= 15 is 0 Å². The number of nitrogens with one attached hydrogen (secondary N) is 1. The van der Waals surface area contributed by atoms with Crippen LogP contribution in [0.25, 0.3) is 16.9 Å². The fraction of sp³-hybridized carbons (Fsp3) is 0.0714. The standard InChI is InChI=1S/C28H21Cl2N3O2/c1-3-15-35-27-24(29)16-20(17-25(27)30)18-31-32-28(34)22-10-12-23(13-11-22)33-19(2)9-14-26(33)21-7-5-4-6-8-21/h1,4-14,16-18H,15H2,2H3,(H,32,34)/b31-18+. The first-order valence-corrected chi connectivity index (χ1v) is 11.5. The number of rotatable bonds is 7. The van der Waals surface area contributed by atoms with Gasteiger partial charge in [0.1, 0.15) is 6.61 Å². The Morgan fingerprint density at radius 3 is 2.40 bits per heavy atom. The van der Waals surface area contributed by atoms with E-state index in [0.29, 0.717) is 26.9 Å². The number of amides is 1. The first-order chi connectivity index (χ1) is 17.0. The Balaban J connectivity index is 1.46. The fourth-order valence-electron chi connectivity index (χ4n) is 3.61. The van der Waals surface area contributed by atoms with Crippen LogP contribution in [-0.4, -0.2) is 23.3 Å². The van der Waals surface area contributed by atoms with Gasteiger partial charge < -0.3 is 9.30 Å². The SMILES string of the molecule is C#CCOc1c(Cl)cc(/C=N/NC(=O)c2ccc(-n3c(C)ccc3-c3ccccc3)cc2)cc1Cl. The fourth-order valence-corrected chi connectivity index (χ4v) is 4.23. The largest absolute Gasteiger partial charge is 0.478 e. The molecule has 1 amide bonds. The summed E-state index contributed by atoms with van der Waals surface area (Å²) in [6.07, 6.45) is 6.64. The number of hydrogen-bond donors (Lipinski definition) is 1. The van der Waals surface area contributed by atoms with E-state index in [9.17, 15) is 4.79 Å². The first kappa shape index (κ1) is 24.2. The number of hydrogen-bond acceptors (Lipinski definition) is 3. The number of carbonyl (C=O) groups excluding carboxylic acids is 1. The number of ether oxygens (including phenoxy) is 1. The van der Waals surface area contributed by atoms with Crippen LogP contribution < -0.4 is 10.2 Å². The molecule has 1 N–H and O–H groups in total. The van der Waals surface area contributed by atoms with Crippen LogP contribution in [0.15, 0.2) is 84.0 Å². The number of aryl methyl sites for hydroxylation is 1. The molecule has 0 aliphatic carbocycles. The molecule has 0 fully saturated rings. The molecular weight excluding hydrogens is 481 g/mol. The third kappa shape index (κ3) is 5.58. The van der Waals surface area contributed by atoms with Gasteiger partial charge in [-0.1, -0.05) is 59.5 Å². The predicted molar refractivity (Wildman–Crippen MR) is 142 cm³/mol. The van der Waals surface area contributed by atoms with Gasteiger partial charge in [-0.25, -0.2) is 5.43 Å². The highest BCUT2D eigenvalue weighted by molar-refractivity contribution is 6.37. The van der Waals surface area contributed by atoms with Crippen molar-refractivity contribution < 1.29 is 9.53 Å². The lowest BCUT2D eigenvalue weighted by atomic mass is 10.1. The summed E-state index contributed by atoms with van der Waals surface area (Å²) in [5, 5.41) is 4.61. The zero-order valence-electron chi connectivity index (χ0n) is 18.8. The Morgan fingerprint density at radius 1 is 1.06 bits per heavy atom. The van der Waals surface area contributed by atoms with Gasteiger partial charge in [-0.15, -0.1) is 6.42 Å². The van der Waals surface area contributed by atoms with Gasteiger partial charge in [-0.05, 0) is 66.6 Å². The van der Waals surface area contributed by atoms with E-state index in [-0.39, 0.29) is 12.5 Å². The van der Waals surface area contributed by atoms with Gasteiger partial charge in [-0.2, -0.15) is 5.10 Å². The molecule has 0 spiro atoms. The minimum absolute atomic E-state index is 0.0548. The summed E-state index contributed by atoms with van der Waals surface area (Å²) in [6, 6.07) is 24.9. The zero-order valence-corrected chi connectivity index (χ0v) is 20.3. The van der Waals surface area contributed by atoms with E-state index in [4.69, 9.17) is 34.4 Å². The van der Waals surface area contributed by atoms with Crippen LogP contribution in [0, 0.1) is 19.3 Å². The van der Waals surface area contributed by atoms with Crippen molar-refractivity contribution in [3.63, 3.8) is 0 Å². The maximum Gasteiger partial charge on any atom is 0.271 e. The highest BCUT2D eigenvalue weighted by Gasteiger charge is 2.11.